The number of anilines is 1. The second-order valence-electron chi connectivity index (χ2n) is 5.35. The van der Waals surface area contributed by atoms with E-state index in [1.165, 1.54) is 12.0 Å². The van der Waals surface area contributed by atoms with E-state index in [0.717, 1.165) is 41.8 Å². The number of rotatable bonds is 0. The number of nitrogens with one attached hydrogen (secondary N) is 1. The van der Waals surface area contributed by atoms with E-state index in [0.29, 0.717) is 5.41 Å². The maximum atomic E-state index is 6.30. The predicted molar refractivity (Wildman–Crippen MR) is 73.4 cm³/mol. The summed E-state index contributed by atoms with van der Waals surface area (Å²) in [5.74, 6) is 0. The molecule has 1 fully saturated rings. The number of nitrogens with zero attached hydrogens (tertiary/aromatic N) is 1. The van der Waals surface area contributed by atoms with Gasteiger partial charge >= 0.3 is 0 Å². The van der Waals surface area contributed by atoms with Gasteiger partial charge in [0.25, 0.3) is 0 Å². The highest BCUT2D eigenvalue weighted by Gasteiger charge is 2.39. The Morgan fingerprint density at radius 3 is 2.88 bits per heavy atom. The summed E-state index contributed by atoms with van der Waals surface area (Å²) in [6.07, 6.45) is 2.32. The molecule has 1 spiro atoms. The minimum atomic E-state index is 0.371. The first-order chi connectivity index (χ1) is 8.10. The first kappa shape index (κ1) is 11.6. The molecule has 0 amide bonds. The molecule has 0 aliphatic carbocycles. The Kier molecular flexibility index (Phi) is 2.77. The standard InChI is InChI=1S/C13H16Cl2N2/c1-17-8-13(2-3-16-7-13)6-9-4-10(14)5-11(15)12(9)17/h4-5,16H,2-3,6-8H2,1H3. The fourth-order valence-corrected chi connectivity index (χ4v) is 3.98. The van der Waals surface area contributed by atoms with E-state index in [1.807, 2.05) is 6.07 Å². The van der Waals surface area contributed by atoms with Gasteiger partial charge in [-0.2, -0.15) is 0 Å². The molecule has 0 aromatic heterocycles. The monoisotopic (exact) mass is 270 g/mol. The summed E-state index contributed by atoms with van der Waals surface area (Å²) in [7, 11) is 2.12. The molecule has 1 saturated heterocycles. The van der Waals surface area contributed by atoms with Crippen molar-refractivity contribution in [1.29, 1.82) is 0 Å². The summed E-state index contributed by atoms with van der Waals surface area (Å²) < 4.78 is 0. The Labute approximate surface area is 112 Å². The molecular weight excluding hydrogens is 255 g/mol. The van der Waals surface area contributed by atoms with Crippen LogP contribution in [0.15, 0.2) is 12.1 Å². The normalized spacial score (nSPS) is 27.6. The van der Waals surface area contributed by atoms with Crippen LogP contribution in [-0.2, 0) is 6.42 Å². The molecule has 1 aromatic rings. The van der Waals surface area contributed by atoms with Crippen molar-refractivity contribution in [1.82, 2.24) is 5.32 Å². The van der Waals surface area contributed by atoms with Gasteiger partial charge in [0.1, 0.15) is 0 Å². The highest BCUT2D eigenvalue weighted by Crippen LogP contribution is 2.43. The van der Waals surface area contributed by atoms with Crippen LogP contribution in [0.1, 0.15) is 12.0 Å². The van der Waals surface area contributed by atoms with Crippen molar-refractivity contribution < 1.29 is 0 Å². The van der Waals surface area contributed by atoms with E-state index in [9.17, 15) is 0 Å². The Morgan fingerprint density at radius 2 is 2.18 bits per heavy atom. The second-order valence-corrected chi connectivity index (χ2v) is 6.20. The first-order valence-electron chi connectivity index (χ1n) is 5.99. The Hall–Kier alpha value is -0.440. The minimum Gasteiger partial charge on any atom is -0.373 e. The van der Waals surface area contributed by atoms with Crippen LogP contribution >= 0.6 is 23.2 Å². The molecule has 1 N–H and O–H groups in total. The molecule has 3 rings (SSSR count). The van der Waals surface area contributed by atoms with Crippen LogP contribution < -0.4 is 10.2 Å². The molecule has 0 saturated carbocycles. The Morgan fingerprint density at radius 1 is 1.35 bits per heavy atom. The zero-order chi connectivity index (χ0) is 12.0. The lowest BCUT2D eigenvalue weighted by Crippen LogP contribution is -2.43. The SMILES string of the molecule is CN1CC2(CCNC2)Cc2cc(Cl)cc(Cl)c21. The van der Waals surface area contributed by atoms with Gasteiger partial charge in [0.05, 0.1) is 10.7 Å². The van der Waals surface area contributed by atoms with Crippen molar-refractivity contribution in [3.05, 3.63) is 27.7 Å². The number of hydrogen-bond donors (Lipinski definition) is 1. The largest absolute Gasteiger partial charge is 0.373 e. The number of hydrogen-bond acceptors (Lipinski definition) is 2. The van der Waals surface area contributed by atoms with Gasteiger partial charge in [0.15, 0.2) is 0 Å². The maximum Gasteiger partial charge on any atom is 0.0657 e. The van der Waals surface area contributed by atoms with Gasteiger partial charge in [-0.25, -0.2) is 0 Å². The molecule has 17 heavy (non-hydrogen) atoms. The van der Waals surface area contributed by atoms with E-state index >= 15 is 0 Å². The van der Waals surface area contributed by atoms with Crippen molar-refractivity contribution in [3.8, 4) is 0 Å². The van der Waals surface area contributed by atoms with Crippen molar-refractivity contribution in [3.63, 3.8) is 0 Å². The van der Waals surface area contributed by atoms with Crippen LogP contribution in [0.5, 0.6) is 0 Å². The molecule has 1 aromatic carbocycles. The van der Waals surface area contributed by atoms with Crippen LogP contribution in [-0.4, -0.2) is 26.7 Å². The summed E-state index contributed by atoms with van der Waals surface area (Å²) in [5, 5.41) is 4.99. The molecule has 2 nitrogen and oxygen atoms in total. The first-order valence-corrected chi connectivity index (χ1v) is 6.75. The van der Waals surface area contributed by atoms with Gasteiger partial charge in [-0.15, -0.1) is 0 Å². The van der Waals surface area contributed by atoms with Crippen molar-refractivity contribution in [2.75, 3.05) is 31.6 Å². The topological polar surface area (TPSA) is 15.3 Å². The third-order valence-electron chi connectivity index (χ3n) is 3.96. The molecule has 1 atom stereocenters. The molecule has 2 heterocycles. The lowest BCUT2D eigenvalue weighted by Gasteiger charge is -2.41. The van der Waals surface area contributed by atoms with Gasteiger partial charge in [0, 0.05) is 30.6 Å². The van der Waals surface area contributed by atoms with Gasteiger partial charge in [-0.3, -0.25) is 0 Å². The van der Waals surface area contributed by atoms with E-state index < -0.39 is 0 Å². The number of fused-ring (bicyclic) bond motifs is 1. The summed E-state index contributed by atoms with van der Waals surface area (Å²) in [5.41, 5.74) is 2.82. The van der Waals surface area contributed by atoms with E-state index in [4.69, 9.17) is 23.2 Å². The fourth-order valence-electron chi connectivity index (χ4n) is 3.30. The smallest absolute Gasteiger partial charge is 0.0657 e. The minimum absolute atomic E-state index is 0.371. The molecule has 0 radical (unpaired) electrons. The summed E-state index contributed by atoms with van der Waals surface area (Å²) in [6, 6.07) is 3.90. The summed E-state index contributed by atoms with van der Waals surface area (Å²) >= 11 is 12.4. The van der Waals surface area contributed by atoms with E-state index in [1.54, 1.807) is 0 Å². The van der Waals surface area contributed by atoms with E-state index in [-0.39, 0.29) is 0 Å². The lowest BCUT2D eigenvalue weighted by atomic mass is 9.77. The van der Waals surface area contributed by atoms with Gasteiger partial charge < -0.3 is 10.2 Å². The molecule has 2 aliphatic rings. The van der Waals surface area contributed by atoms with Gasteiger partial charge in [0.2, 0.25) is 0 Å². The van der Waals surface area contributed by atoms with E-state index in [2.05, 4.69) is 23.3 Å². The molecule has 1 unspecified atom stereocenters. The molecule has 4 heteroatoms. The lowest BCUT2D eigenvalue weighted by molar-refractivity contribution is 0.315. The number of halogens is 2. The number of benzene rings is 1. The highest BCUT2D eigenvalue weighted by atomic mass is 35.5. The molecule has 92 valence electrons. The third-order valence-corrected chi connectivity index (χ3v) is 4.47. The third kappa shape index (κ3) is 1.92. The zero-order valence-corrected chi connectivity index (χ0v) is 11.4. The Bertz CT molecular complexity index is 453. The zero-order valence-electron chi connectivity index (χ0n) is 9.89. The van der Waals surface area contributed by atoms with Crippen molar-refractivity contribution >= 4 is 28.9 Å². The molecule has 0 bridgehead atoms. The van der Waals surface area contributed by atoms with Crippen LogP contribution in [0.25, 0.3) is 0 Å². The van der Waals surface area contributed by atoms with Crippen LogP contribution in [0.4, 0.5) is 5.69 Å². The molecular formula is C13H16Cl2N2. The highest BCUT2D eigenvalue weighted by molar-refractivity contribution is 6.36. The van der Waals surface area contributed by atoms with Crippen LogP contribution in [0.3, 0.4) is 0 Å². The summed E-state index contributed by atoms with van der Waals surface area (Å²) in [6.45, 7) is 3.30. The fraction of sp³-hybridized carbons (Fsp3) is 0.538. The average molecular weight is 271 g/mol. The van der Waals surface area contributed by atoms with Crippen molar-refractivity contribution in [2.24, 2.45) is 5.41 Å². The predicted octanol–water partition coefficient (Wildman–Crippen LogP) is 2.97. The van der Waals surface area contributed by atoms with Gasteiger partial charge in [-0.1, -0.05) is 23.2 Å². The maximum absolute atomic E-state index is 6.30. The van der Waals surface area contributed by atoms with Crippen LogP contribution in [0.2, 0.25) is 10.0 Å². The Balaban J connectivity index is 2.05. The quantitative estimate of drug-likeness (QED) is 0.780. The second kappa shape index (κ2) is 4.04. The van der Waals surface area contributed by atoms with Gasteiger partial charge in [-0.05, 0) is 37.1 Å². The van der Waals surface area contributed by atoms with Crippen molar-refractivity contribution in [2.45, 2.75) is 12.8 Å². The average Bonchev–Trinajstić information content (AvgIpc) is 2.63. The molecule has 2 aliphatic heterocycles. The summed E-state index contributed by atoms with van der Waals surface area (Å²) in [4.78, 5) is 2.28. The van der Waals surface area contributed by atoms with Crippen LogP contribution in [0, 0.1) is 5.41 Å².